The number of piperidine rings is 1. The number of benzene rings is 1. The summed E-state index contributed by atoms with van der Waals surface area (Å²) in [5, 5.41) is 5.34. The van der Waals surface area contributed by atoms with Gasteiger partial charge in [-0.15, -0.1) is 0 Å². The molecule has 3 rings (SSSR count). The first-order valence-electron chi connectivity index (χ1n) is 9.80. The molecule has 1 aliphatic rings. The van der Waals surface area contributed by atoms with Crippen LogP contribution in [0.25, 0.3) is 0 Å². The summed E-state index contributed by atoms with van der Waals surface area (Å²) in [7, 11) is 0. The van der Waals surface area contributed by atoms with E-state index in [1.807, 2.05) is 6.07 Å². The van der Waals surface area contributed by atoms with Crippen LogP contribution in [0.3, 0.4) is 0 Å². The van der Waals surface area contributed by atoms with E-state index in [4.69, 9.17) is 11.6 Å². The summed E-state index contributed by atoms with van der Waals surface area (Å²) in [4.78, 5) is 30.1. The van der Waals surface area contributed by atoms with Gasteiger partial charge in [-0.2, -0.15) is 13.2 Å². The van der Waals surface area contributed by atoms with E-state index >= 15 is 0 Å². The van der Waals surface area contributed by atoms with Gasteiger partial charge in [-0.25, -0.2) is 4.79 Å². The van der Waals surface area contributed by atoms with Crippen molar-refractivity contribution in [3.8, 4) is 0 Å². The molecule has 6 nitrogen and oxygen atoms in total. The van der Waals surface area contributed by atoms with Crippen LogP contribution in [0.15, 0.2) is 42.7 Å². The normalized spacial score (nSPS) is 14.9. The molecule has 1 saturated heterocycles. The van der Waals surface area contributed by atoms with Crippen LogP contribution in [-0.2, 0) is 17.5 Å². The molecule has 0 spiro atoms. The van der Waals surface area contributed by atoms with Crippen LogP contribution in [-0.4, -0.2) is 34.9 Å². The molecule has 0 aliphatic carbocycles. The van der Waals surface area contributed by atoms with E-state index in [0.717, 1.165) is 23.8 Å². The fourth-order valence-corrected chi connectivity index (χ4v) is 3.53. The molecule has 2 heterocycles. The number of likely N-dealkylation sites (tertiary alicyclic amines) is 1. The zero-order valence-corrected chi connectivity index (χ0v) is 17.3. The highest BCUT2D eigenvalue weighted by molar-refractivity contribution is 6.33. The number of amides is 3. The van der Waals surface area contributed by atoms with Crippen molar-refractivity contribution >= 4 is 29.2 Å². The van der Waals surface area contributed by atoms with Crippen LogP contribution >= 0.6 is 11.6 Å². The predicted octanol–water partition coefficient (Wildman–Crippen LogP) is 4.70. The molecule has 166 valence electrons. The smallest absolute Gasteiger partial charge is 0.352 e. The van der Waals surface area contributed by atoms with E-state index in [2.05, 4.69) is 15.6 Å². The molecule has 1 aromatic heterocycles. The van der Waals surface area contributed by atoms with Crippen LogP contribution in [0.1, 0.15) is 30.4 Å². The van der Waals surface area contributed by atoms with E-state index in [1.54, 1.807) is 18.5 Å². The van der Waals surface area contributed by atoms with Crippen molar-refractivity contribution in [2.75, 3.05) is 18.4 Å². The highest BCUT2D eigenvalue weighted by Gasteiger charge is 2.31. The Morgan fingerprint density at radius 3 is 2.58 bits per heavy atom. The highest BCUT2D eigenvalue weighted by atomic mass is 35.5. The summed E-state index contributed by atoms with van der Waals surface area (Å²) in [6.45, 7) is 1.22. The largest absolute Gasteiger partial charge is 0.416 e. The maximum absolute atomic E-state index is 12.9. The van der Waals surface area contributed by atoms with E-state index in [1.165, 1.54) is 4.90 Å². The summed E-state index contributed by atoms with van der Waals surface area (Å²) in [5.74, 6) is 0.0672. The fraction of sp³-hybridized carbons (Fsp3) is 0.381. The third-order valence-electron chi connectivity index (χ3n) is 5.12. The minimum Gasteiger partial charge on any atom is -0.352 e. The Morgan fingerprint density at radius 2 is 1.94 bits per heavy atom. The topological polar surface area (TPSA) is 74.3 Å². The number of aromatic nitrogens is 1. The number of urea groups is 1. The standard InChI is InChI=1S/C21H22ClF3N4O2/c22-17-4-3-16(21(23,24)25)11-18(17)28-20(31)29-8-5-14(6-9-29)10-19(30)27-13-15-2-1-7-26-12-15/h1-4,7,11-12,14H,5-6,8-10,13H2,(H,27,30)(H,28,31). The number of carbonyl (C=O) groups is 2. The second kappa shape index (κ2) is 10.00. The molecule has 3 amide bonds. The molecule has 31 heavy (non-hydrogen) atoms. The van der Waals surface area contributed by atoms with Gasteiger partial charge in [-0.3, -0.25) is 9.78 Å². The molecule has 0 saturated carbocycles. The summed E-state index contributed by atoms with van der Waals surface area (Å²) in [5.41, 5.74) is -0.0582. The van der Waals surface area contributed by atoms with Gasteiger partial charge in [-0.05, 0) is 48.6 Å². The molecule has 1 aromatic carbocycles. The summed E-state index contributed by atoms with van der Waals surface area (Å²) >= 11 is 5.93. The van der Waals surface area contributed by atoms with Gasteiger partial charge in [0.25, 0.3) is 0 Å². The van der Waals surface area contributed by atoms with E-state index in [-0.39, 0.29) is 22.5 Å². The predicted molar refractivity (Wildman–Crippen MR) is 110 cm³/mol. The zero-order chi connectivity index (χ0) is 22.4. The van der Waals surface area contributed by atoms with Crippen molar-refractivity contribution in [1.29, 1.82) is 0 Å². The molecule has 2 N–H and O–H groups in total. The van der Waals surface area contributed by atoms with Crippen molar-refractivity contribution < 1.29 is 22.8 Å². The Morgan fingerprint density at radius 1 is 1.19 bits per heavy atom. The molecule has 1 fully saturated rings. The molecular formula is C21H22ClF3N4O2. The molecule has 0 radical (unpaired) electrons. The molecule has 0 unspecified atom stereocenters. The van der Waals surface area contributed by atoms with Crippen LogP contribution < -0.4 is 10.6 Å². The summed E-state index contributed by atoms with van der Waals surface area (Å²) in [6, 6.07) is 5.95. The average molecular weight is 455 g/mol. The Bertz CT molecular complexity index is 917. The summed E-state index contributed by atoms with van der Waals surface area (Å²) < 4.78 is 38.7. The van der Waals surface area contributed by atoms with Gasteiger partial charge in [0.1, 0.15) is 0 Å². The number of alkyl halides is 3. The van der Waals surface area contributed by atoms with Gasteiger partial charge >= 0.3 is 12.2 Å². The number of rotatable bonds is 5. The highest BCUT2D eigenvalue weighted by Crippen LogP contribution is 2.34. The minimum atomic E-state index is -4.53. The molecule has 0 bridgehead atoms. The lowest BCUT2D eigenvalue weighted by Gasteiger charge is -2.32. The number of carbonyl (C=O) groups excluding carboxylic acids is 2. The molecule has 0 atom stereocenters. The molecular weight excluding hydrogens is 433 g/mol. The lowest BCUT2D eigenvalue weighted by atomic mass is 9.93. The quantitative estimate of drug-likeness (QED) is 0.687. The lowest BCUT2D eigenvalue weighted by Crippen LogP contribution is -2.42. The SMILES string of the molecule is O=C(CC1CCN(C(=O)Nc2cc(C(F)(F)F)ccc2Cl)CC1)NCc1cccnc1. The average Bonchev–Trinajstić information content (AvgIpc) is 2.74. The van der Waals surface area contributed by atoms with Crippen LogP contribution in [0.4, 0.5) is 23.7 Å². The van der Waals surface area contributed by atoms with Crippen molar-refractivity contribution in [1.82, 2.24) is 15.2 Å². The van der Waals surface area contributed by atoms with E-state index in [9.17, 15) is 22.8 Å². The number of anilines is 1. The van der Waals surface area contributed by atoms with Crippen molar-refractivity contribution in [3.63, 3.8) is 0 Å². The van der Waals surface area contributed by atoms with Gasteiger partial charge in [-0.1, -0.05) is 17.7 Å². The lowest BCUT2D eigenvalue weighted by molar-refractivity contribution is -0.137. The number of nitrogens with zero attached hydrogens (tertiary/aromatic N) is 2. The Hall–Kier alpha value is -2.81. The molecule has 10 heteroatoms. The van der Waals surface area contributed by atoms with Crippen LogP contribution in [0.5, 0.6) is 0 Å². The minimum absolute atomic E-state index is 0.0292. The molecule has 2 aromatic rings. The van der Waals surface area contributed by atoms with E-state index < -0.39 is 17.8 Å². The third-order valence-corrected chi connectivity index (χ3v) is 5.45. The number of halogens is 4. The van der Waals surface area contributed by atoms with Crippen molar-refractivity contribution in [2.24, 2.45) is 5.92 Å². The van der Waals surface area contributed by atoms with Crippen LogP contribution in [0, 0.1) is 5.92 Å². The second-order valence-electron chi connectivity index (χ2n) is 7.40. The third kappa shape index (κ3) is 6.58. The zero-order valence-electron chi connectivity index (χ0n) is 16.6. The first kappa shape index (κ1) is 22.9. The number of hydrogen-bond acceptors (Lipinski definition) is 3. The summed E-state index contributed by atoms with van der Waals surface area (Å²) in [6.07, 6.45) is 0.438. The van der Waals surface area contributed by atoms with Crippen LogP contribution in [0.2, 0.25) is 5.02 Å². The number of nitrogens with one attached hydrogen (secondary N) is 2. The van der Waals surface area contributed by atoms with Crippen molar-refractivity contribution in [3.05, 3.63) is 58.9 Å². The number of hydrogen-bond donors (Lipinski definition) is 2. The van der Waals surface area contributed by atoms with Gasteiger partial charge in [0.05, 0.1) is 16.3 Å². The molecule has 1 aliphatic heterocycles. The Labute approximate surface area is 182 Å². The maximum Gasteiger partial charge on any atom is 0.416 e. The Balaban J connectivity index is 1.46. The van der Waals surface area contributed by atoms with Gasteiger partial charge in [0.2, 0.25) is 5.91 Å². The second-order valence-corrected chi connectivity index (χ2v) is 7.80. The van der Waals surface area contributed by atoms with Gasteiger partial charge in [0.15, 0.2) is 0 Å². The van der Waals surface area contributed by atoms with Gasteiger partial charge < -0.3 is 15.5 Å². The van der Waals surface area contributed by atoms with Crippen molar-refractivity contribution in [2.45, 2.75) is 32.0 Å². The van der Waals surface area contributed by atoms with E-state index in [0.29, 0.717) is 38.9 Å². The Kier molecular flexibility index (Phi) is 7.37. The monoisotopic (exact) mass is 454 g/mol. The number of pyridine rings is 1. The van der Waals surface area contributed by atoms with Gasteiger partial charge in [0, 0.05) is 38.4 Å². The maximum atomic E-state index is 12.9. The first-order chi connectivity index (χ1) is 14.7. The first-order valence-corrected chi connectivity index (χ1v) is 10.2. The fourth-order valence-electron chi connectivity index (χ4n) is 3.37.